The first-order valence-electron chi connectivity index (χ1n) is 7.52. The zero-order valence-electron chi connectivity index (χ0n) is 13.3. The number of hydrogen-bond acceptors (Lipinski definition) is 3. The van der Waals surface area contributed by atoms with Crippen molar-refractivity contribution in [3.63, 3.8) is 0 Å². The third kappa shape index (κ3) is 4.65. The van der Waals surface area contributed by atoms with Crippen LogP contribution in [0.5, 0.6) is 0 Å². The Labute approximate surface area is 141 Å². The van der Waals surface area contributed by atoms with Gasteiger partial charge in [0.05, 0.1) is 11.7 Å². The Bertz CT molecular complexity index is 568. The normalized spacial score (nSPS) is 18.7. The first-order chi connectivity index (χ1) is 10.4. The number of nitrogens with two attached hydrogens (primary N) is 1. The molecular weight excluding hydrogens is 321 g/mol. The molecule has 1 aliphatic heterocycles. The van der Waals surface area contributed by atoms with E-state index in [1.807, 2.05) is 13.8 Å². The Hall–Kier alpha value is -1.66. The summed E-state index contributed by atoms with van der Waals surface area (Å²) < 4.78 is 13.8. The second kappa shape index (κ2) is 8.26. The van der Waals surface area contributed by atoms with Crippen LogP contribution in [0, 0.1) is 11.7 Å². The van der Waals surface area contributed by atoms with E-state index in [1.54, 1.807) is 18.2 Å². The molecule has 0 aliphatic carbocycles. The van der Waals surface area contributed by atoms with Gasteiger partial charge in [-0.05, 0) is 30.9 Å². The van der Waals surface area contributed by atoms with Crippen molar-refractivity contribution in [2.45, 2.75) is 38.8 Å². The number of nitrogens with one attached hydrogen (secondary N) is 1. The molecule has 1 unspecified atom stereocenters. The molecule has 0 spiro atoms. The third-order valence-corrected chi connectivity index (χ3v) is 3.73. The Balaban J connectivity index is 0.00000264. The number of rotatable bonds is 5. The minimum Gasteiger partial charge on any atom is -0.343 e. The van der Waals surface area contributed by atoms with Gasteiger partial charge in [0.2, 0.25) is 11.8 Å². The fourth-order valence-corrected chi connectivity index (χ4v) is 2.62. The number of para-hydroxylation sites is 1. The topological polar surface area (TPSA) is 75.4 Å². The number of amides is 2. The molecule has 0 radical (unpaired) electrons. The maximum absolute atomic E-state index is 13.8. The third-order valence-electron chi connectivity index (χ3n) is 3.73. The van der Waals surface area contributed by atoms with E-state index in [2.05, 4.69) is 5.32 Å². The average Bonchev–Trinajstić information content (AvgIpc) is 2.80. The molecule has 2 atom stereocenters. The first-order valence-corrected chi connectivity index (χ1v) is 7.52. The minimum absolute atomic E-state index is 0. The summed E-state index contributed by atoms with van der Waals surface area (Å²) in [5.41, 5.74) is 6.06. The van der Waals surface area contributed by atoms with E-state index < -0.39 is 17.9 Å². The molecule has 5 nitrogen and oxygen atoms in total. The van der Waals surface area contributed by atoms with Crippen molar-refractivity contribution in [1.82, 2.24) is 5.32 Å². The fraction of sp³-hybridized carbons (Fsp3) is 0.500. The lowest BCUT2D eigenvalue weighted by Crippen LogP contribution is -2.48. The smallest absolute Gasteiger partial charge is 0.249 e. The van der Waals surface area contributed by atoms with E-state index in [4.69, 9.17) is 5.73 Å². The Kier molecular flexibility index (Phi) is 6.97. The van der Waals surface area contributed by atoms with E-state index in [9.17, 15) is 14.0 Å². The summed E-state index contributed by atoms with van der Waals surface area (Å²) >= 11 is 0. The molecular formula is C16H23ClFN3O2. The highest BCUT2D eigenvalue weighted by atomic mass is 35.5. The van der Waals surface area contributed by atoms with E-state index in [1.165, 1.54) is 11.0 Å². The highest BCUT2D eigenvalue weighted by molar-refractivity contribution is 6.01. The number of benzene rings is 1. The minimum atomic E-state index is -0.634. The van der Waals surface area contributed by atoms with Crippen molar-refractivity contribution in [3.05, 3.63) is 30.1 Å². The van der Waals surface area contributed by atoms with Crippen LogP contribution in [0.4, 0.5) is 10.1 Å². The predicted molar refractivity (Wildman–Crippen MR) is 90.0 cm³/mol. The van der Waals surface area contributed by atoms with Gasteiger partial charge in [-0.1, -0.05) is 26.0 Å². The quantitative estimate of drug-likeness (QED) is 0.856. The largest absolute Gasteiger partial charge is 0.343 e. The van der Waals surface area contributed by atoms with Crippen LogP contribution in [0.2, 0.25) is 0 Å². The van der Waals surface area contributed by atoms with Crippen molar-refractivity contribution in [2.75, 3.05) is 11.4 Å². The molecule has 2 amide bonds. The van der Waals surface area contributed by atoms with Gasteiger partial charge in [0.1, 0.15) is 11.9 Å². The molecule has 1 aromatic rings. The maximum Gasteiger partial charge on any atom is 0.249 e. The van der Waals surface area contributed by atoms with Crippen LogP contribution in [-0.4, -0.2) is 30.4 Å². The van der Waals surface area contributed by atoms with E-state index >= 15 is 0 Å². The van der Waals surface area contributed by atoms with Crippen molar-refractivity contribution in [3.8, 4) is 0 Å². The van der Waals surface area contributed by atoms with E-state index in [-0.39, 0.29) is 29.9 Å². The maximum atomic E-state index is 13.8. The lowest BCUT2D eigenvalue weighted by atomic mass is 10.0. The number of anilines is 1. The number of carbonyl (C=O) groups excluding carboxylic acids is 2. The Morgan fingerprint density at radius 3 is 2.70 bits per heavy atom. The zero-order valence-corrected chi connectivity index (χ0v) is 14.1. The summed E-state index contributed by atoms with van der Waals surface area (Å²) in [4.78, 5) is 25.7. The summed E-state index contributed by atoms with van der Waals surface area (Å²) in [5.74, 6) is -0.771. The summed E-state index contributed by atoms with van der Waals surface area (Å²) in [6.07, 6.45) is 1.01. The molecule has 23 heavy (non-hydrogen) atoms. The first kappa shape index (κ1) is 19.4. The van der Waals surface area contributed by atoms with Gasteiger partial charge in [-0.25, -0.2) is 4.39 Å². The highest BCUT2D eigenvalue weighted by Crippen LogP contribution is 2.24. The van der Waals surface area contributed by atoms with Gasteiger partial charge in [0.25, 0.3) is 0 Å². The summed E-state index contributed by atoms with van der Waals surface area (Å²) in [6, 6.07) is 4.86. The molecule has 3 N–H and O–H groups in total. The van der Waals surface area contributed by atoms with Gasteiger partial charge >= 0.3 is 0 Å². The van der Waals surface area contributed by atoms with Gasteiger partial charge in [0.15, 0.2) is 0 Å². The average molecular weight is 344 g/mol. The van der Waals surface area contributed by atoms with Crippen LogP contribution in [-0.2, 0) is 9.59 Å². The van der Waals surface area contributed by atoms with Crippen LogP contribution in [0.3, 0.4) is 0 Å². The highest BCUT2D eigenvalue weighted by Gasteiger charge is 2.35. The SMILES string of the molecule is CC(C)C[C@H](N)C(=O)NC1CCN(c2ccccc2F)C1=O.Cl. The second-order valence-corrected chi connectivity index (χ2v) is 6.03. The zero-order chi connectivity index (χ0) is 16.3. The van der Waals surface area contributed by atoms with Crippen molar-refractivity contribution < 1.29 is 14.0 Å². The van der Waals surface area contributed by atoms with Gasteiger partial charge in [-0.2, -0.15) is 0 Å². The number of hydrogen-bond donors (Lipinski definition) is 2. The van der Waals surface area contributed by atoms with Crippen LogP contribution < -0.4 is 16.0 Å². The second-order valence-electron chi connectivity index (χ2n) is 6.03. The summed E-state index contributed by atoms with van der Waals surface area (Å²) in [5, 5.41) is 2.68. The van der Waals surface area contributed by atoms with Crippen molar-refractivity contribution in [1.29, 1.82) is 0 Å². The van der Waals surface area contributed by atoms with Gasteiger partial charge in [-0.3, -0.25) is 9.59 Å². The van der Waals surface area contributed by atoms with Crippen LogP contribution >= 0.6 is 12.4 Å². The van der Waals surface area contributed by atoms with Crippen molar-refractivity contribution >= 4 is 29.9 Å². The molecule has 7 heteroatoms. The van der Waals surface area contributed by atoms with E-state index in [0.717, 1.165) is 0 Å². The molecule has 1 aliphatic rings. The molecule has 0 bridgehead atoms. The number of carbonyl (C=O) groups is 2. The molecule has 0 aromatic heterocycles. The van der Waals surface area contributed by atoms with Gasteiger partial charge in [0, 0.05) is 6.54 Å². The predicted octanol–water partition coefficient (Wildman–Crippen LogP) is 1.84. The lowest BCUT2D eigenvalue weighted by Gasteiger charge is -2.19. The lowest BCUT2D eigenvalue weighted by molar-refractivity contribution is -0.127. The molecule has 1 saturated heterocycles. The van der Waals surface area contributed by atoms with Gasteiger partial charge in [-0.15, -0.1) is 12.4 Å². The van der Waals surface area contributed by atoms with Gasteiger partial charge < -0.3 is 16.0 Å². The van der Waals surface area contributed by atoms with Crippen LogP contribution in [0.15, 0.2) is 24.3 Å². The standard InChI is InChI=1S/C16H22FN3O2.ClH/c1-10(2)9-12(18)15(21)19-13-7-8-20(16(13)22)14-6-4-3-5-11(14)17;/h3-6,10,12-13H,7-9,18H2,1-2H3,(H,19,21);1H/t12-,13?;/m0./s1. The molecule has 128 valence electrons. The molecule has 0 saturated carbocycles. The van der Waals surface area contributed by atoms with Crippen LogP contribution in [0.25, 0.3) is 0 Å². The van der Waals surface area contributed by atoms with Crippen LogP contribution in [0.1, 0.15) is 26.7 Å². The molecule has 1 fully saturated rings. The van der Waals surface area contributed by atoms with Crippen molar-refractivity contribution in [2.24, 2.45) is 11.7 Å². The number of nitrogens with zero attached hydrogens (tertiary/aromatic N) is 1. The molecule has 1 aromatic carbocycles. The fourth-order valence-electron chi connectivity index (χ4n) is 2.62. The monoisotopic (exact) mass is 343 g/mol. The summed E-state index contributed by atoms with van der Waals surface area (Å²) in [7, 11) is 0. The Morgan fingerprint density at radius 2 is 2.09 bits per heavy atom. The molecule has 2 rings (SSSR count). The molecule has 1 heterocycles. The Morgan fingerprint density at radius 1 is 1.43 bits per heavy atom. The summed E-state index contributed by atoms with van der Waals surface area (Å²) in [6.45, 7) is 4.34. The van der Waals surface area contributed by atoms with E-state index in [0.29, 0.717) is 25.3 Å². The number of halogens is 2.